The van der Waals surface area contributed by atoms with E-state index in [2.05, 4.69) is 204 Å². The van der Waals surface area contributed by atoms with Gasteiger partial charge in [0.05, 0.1) is 17.1 Å². The molecule has 270 valence electrons. The van der Waals surface area contributed by atoms with E-state index in [4.69, 9.17) is 0 Å². The number of hydrogen-bond acceptors (Lipinski definition) is 1. The third kappa shape index (κ3) is 5.03. The second kappa shape index (κ2) is 12.6. The Kier molecular flexibility index (Phi) is 7.13. The summed E-state index contributed by atoms with van der Waals surface area (Å²) in [6, 6.07) is 59.0. The van der Waals surface area contributed by atoms with Gasteiger partial charge < -0.3 is 9.47 Å². The molecule has 1 aromatic heterocycles. The SMILES string of the molecule is CC1C=C(c2cccc(N(c3ccc4c5ccccc5n(-c5ccc6ccccc6c5)c4c3)C3C=C4C(=CC3)c3cccc5cc6ccccc6c4c35)c2)C=CC1. The zero-order valence-electron chi connectivity index (χ0n) is 31.9. The van der Waals surface area contributed by atoms with E-state index in [1.54, 1.807) is 0 Å². The van der Waals surface area contributed by atoms with Gasteiger partial charge >= 0.3 is 0 Å². The molecule has 2 atom stereocenters. The highest BCUT2D eigenvalue weighted by Crippen LogP contribution is 2.52. The molecule has 0 aliphatic heterocycles. The third-order valence-corrected chi connectivity index (χ3v) is 12.6. The first-order valence-corrected chi connectivity index (χ1v) is 20.3. The number of rotatable bonds is 5. The fourth-order valence-corrected chi connectivity index (χ4v) is 10.1. The highest BCUT2D eigenvalue weighted by Gasteiger charge is 2.32. The number of aromatic nitrogens is 1. The minimum atomic E-state index is 0.0908. The normalized spacial score (nSPS) is 17.3. The second-order valence-corrected chi connectivity index (χ2v) is 16.1. The van der Waals surface area contributed by atoms with Crippen LogP contribution in [-0.4, -0.2) is 10.6 Å². The molecule has 0 spiro atoms. The Morgan fingerprint density at radius 1 is 0.544 bits per heavy atom. The maximum absolute atomic E-state index is 2.60. The van der Waals surface area contributed by atoms with E-state index in [-0.39, 0.29) is 6.04 Å². The summed E-state index contributed by atoms with van der Waals surface area (Å²) in [5, 5.41) is 10.3. The minimum absolute atomic E-state index is 0.0908. The molecule has 12 rings (SSSR count). The van der Waals surface area contributed by atoms with Gasteiger partial charge in [-0.3, -0.25) is 0 Å². The molecule has 1 heterocycles. The van der Waals surface area contributed by atoms with Crippen LogP contribution >= 0.6 is 0 Å². The quantitative estimate of drug-likeness (QED) is 0.160. The van der Waals surface area contributed by atoms with Gasteiger partial charge in [-0.1, -0.05) is 146 Å². The molecule has 0 saturated carbocycles. The molecule has 0 radical (unpaired) electrons. The number of fused-ring (bicyclic) bond motifs is 9. The number of allylic oxidation sites excluding steroid dienone is 6. The van der Waals surface area contributed by atoms with Crippen molar-refractivity contribution in [2.75, 3.05) is 4.90 Å². The van der Waals surface area contributed by atoms with E-state index in [0.29, 0.717) is 5.92 Å². The van der Waals surface area contributed by atoms with E-state index in [1.807, 2.05) is 0 Å². The Balaban J connectivity index is 1.08. The predicted molar refractivity (Wildman–Crippen MR) is 244 cm³/mol. The van der Waals surface area contributed by atoms with Crippen molar-refractivity contribution in [3.8, 4) is 5.69 Å². The van der Waals surface area contributed by atoms with Crippen LogP contribution < -0.4 is 4.90 Å². The molecule has 3 aliphatic rings. The third-order valence-electron chi connectivity index (χ3n) is 12.6. The summed E-state index contributed by atoms with van der Waals surface area (Å²) in [7, 11) is 0. The van der Waals surface area contributed by atoms with Crippen molar-refractivity contribution in [1.29, 1.82) is 0 Å². The van der Waals surface area contributed by atoms with E-state index in [0.717, 1.165) is 12.8 Å². The number of hydrogen-bond donors (Lipinski definition) is 0. The van der Waals surface area contributed by atoms with Crippen LogP contribution in [0.5, 0.6) is 0 Å². The van der Waals surface area contributed by atoms with Gasteiger partial charge in [-0.15, -0.1) is 0 Å². The lowest BCUT2D eigenvalue weighted by molar-refractivity contribution is 0.740. The summed E-state index contributed by atoms with van der Waals surface area (Å²) in [6.45, 7) is 2.31. The van der Waals surface area contributed by atoms with Crippen LogP contribution in [0.2, 0.25) is 0 Å². The highest BCUT2D eigenvalue weighted by molar-refractivity contribution is 6.28. The summed E-state index contributed by atoms with van der Waals surface area (Å²) in [5.41, 5.74) is 14.0. The molecule has 9 aromatic rings. The monoisotopic (exact) mass is 728 g/mol. The number of anilines is 2. The lowest BCUT2D eigenvalue weighted by atomic mass is 9.89. The fraction of sp³-hybridized carbons (Fsp3) is 0.0909. The first-order chi connectivity index (χ1) is 28.2. The summed E-state index contributed by atoms with van der Waals surface area (Å²) in [6.07, 6.45) is 14.1. The van der Waals surface area contributed by atoms with Crippen molar-refractivity contribution in [2.24, 2.45) is 5.92 Å². The largest absolute Gasteiger partial charge is 0.334 e. The summed E-state index contributed by atoms with van der Waals surface area (Å²) in [4.78, 5) is 2.60. The summed E-state index contributed by atoms with van der Waals surface area (Å²) < 4.78 is 2.46. The van der Waals surface area contributed by atoms with Crippen LogP contribution in [0.25, 0.3) is 76.5 Å². The molecule has 0 bridgehead atoms. The van der Waals surface area contributed by atoms with Crippen LogP contribution in [-0.2, 0) is 0 Å². The van der Waals surface area contributed by atoms with Crippen molar-refractivity contribution in [3.63, 3.8) is 0 Å². The Morgan fingerprint density at radius 3 is 2.23 bits per heavy atom. The molecule has 0 amide bonds. The molecule has 2 unspecified atom stereocenters. The Morgan fingerprint density at radius 2 is 1.32 bits per heavy atom. The maximum atomic E-state index is 2.60. The molecular weight excluding hydrogens is 689 g/mol. The first kappa shape index (κ1) is 32.4. The van der Waals surface area contributed by atoms with Crippen LogP contribution in [0, 0.1) is 5.92 Å². The predicted octanol–water partition coefficient (Wildman–Crippen LogP) is 14.6. The van der Waals surface area contributed by atoms with Gasteiger partial charge in [-0.25, -0.2) is 0 Å². The van der Waals surface area contributed by atoms with Gasteiger partial charge in [0.2, 0.25) is 0 Å². The molecule has 0 fully saturated rings. The lowest BCUT2D eigenvalue weighted by Crippen LogP contribution is -2.30. The Labute approximate surface area is 332 Å². The van der Waals surface area contributed by atoms with E-state index in [9.17, 15) is 0 Å². The second-order valence-electron chi connectivity index (χ2n) is 16.1. The Hall–Kier alpha value is -6.90. The van der Waals surface area contributed by atoms with Crippen molar-refractivity contribution in [3.05, 3.63) is 205 Å². The van der Waals surface area contributed by atoms with Crippen LogP contribution in [0.3, 0.4) is 0 Å². The summed E-state index contributed by atoms with van der Waals surface area (Å²) in [5.74, 6) is 0.525. The van der Waals surface area contributed by atoms with Gasteiger partial charge in [-0.2, -0.15) is 0 Å². The van der Waals surface area contributed by atoms with Crippen LogP contribution in [0.15, 0.2) is 188 Å². The van der Waals surface area contributed by atoms with E-state index < -0.39 is 0 Å². The van der Waals surface area contributed by atoms with E-state index in [1.165, 1.54) is 105 Å². The van der Waals surface area contributed by atoms with Gasteiger partial charge in [0.15, 0.2) is 0 Å². The average molecular weight is 729 g/mol. The standard InChI is InChI=1S/C55H40N2/c1-35-11-8-15-37(29-35)39-16-9-18-42(32-39)56(44-25-27-47-50-21-10-17-41-30-40-14-4-5-19-46(40)55(54(41)50)51(47)33-44)45-26-28-49-48-20-6-7-22-52(48)57(53(49)34-45)43-24-23-36-12-2-3-13-38(36)31-43/h2-10,12-24,26-35,44H,11,25H2,1H3. The highest BCUT2D eigenvalue weighted by atomic mass is 15.2. The van der Waals surface area contributed by atoms with Crippen molar-refractivity contribution in [1.82, 2.24) is 4.57 Å². The zero-order chi connectivity index (χ0) is 37.6. The lowest BCUT2D eigenvalue weighted by Gasteiger charge is -2.34. The smallest absolute Gasteiger partial charge is 0.0566 e. The minimum Gasteiger partial charge on any atom is -0.334 e. The van der Waals surface area contributed by atoms with Crippen molar-refractivity contribution < 1.29 is 0 Å². The van der Waals surface area contributed by atoms with E-state index >= 15 is 0 Å². The van der Waals surface area contributed by atoms with Crippen molar-refractivity contribution >= 4 is 82.2 Å². The molecule has 2 heteroatoms. The topological polar surface area (TPSA) is 8.17 Å². The number of nitrogens with zero attached hydrogens (tertiary/aromatic N) is 2. The van der Waals surface area contributed by atoms with Gasteiger partial charge in [0, 0.05) is 27.8 Å². The number of benzene rings is 8. The van der Waals surface area contributed by atoms with Gasteiger partial charge in [0.1, 0.15) is 0 Å². The fourth-order valence-electron chi connectivity index (χ4n) is 10.1. The molecule has 0 N–H and O–H groups in total. The molecule has 0 saturated heterocycles. The first-order valence-electron chi connectivity index (χ1n) is 20.3. The van der Waals surface area contributed by atoms with Crippen LogP contribution in [0.1, 0.15) is 36.5 Å². The molecule has 2 nitrogen and oxygen atoms in total. The molecule has 3 aliphatic carbocycles. The van der Waals surface area contributed by atoms with Gasteiger partial charge in [-0.05, 0) is 133 Å². The average Bonchev–Trinajstić information content (AvgIpc) is 3.77. The summed E-state index contributed by atoms with van der Waals surface area (Å²) >= 11 is 0. The Bertz CT molecular complexity index is 3280. The van der Waals surface area contributed by atoms with Crippen LogP contribution in [0.4, 0.5) is 11.4 Å². The molecule has 8 aromatic carbocycles. The molecular formula is C55H40N2. The van der Waals surface area contributed by atoms with Crippen molar-refractivity contribution in [2.45, 2.75) is 25.8 Å². The number of para-hydroxylation sites is 1. The van der Waals surface area contributed by atoms with Gasteiger partial charge in [0.25, 0.3) is 0 Å². The molecule has 57 heavy (non-hydrogen) atoms. The zero-order valence-corrected chi connectivity index (χ0v) is 31.9. The maximum Gasteiger partial charge on any atom is 0.0566 e.